The first-order chi connectivity index (χ1) is 9.17. The van der Waals surface area contributed by atoms with Crippen LogP contribution < -0.4 is 4.72 Å². The first kappa shape index (κ1) is 11.6. The molecular weight excluding hydrogens is 266 g/mol. The third-order valence-electron chi connectivity index (χ3n) is 2.53. The number of sulfonamides is 1. The Bertz CT molecular complexity index is 809. The number of nitrogens with zero attached hydrogens (tertiary/aromatic N) is 3. The van der Waals surface area contributed by atoms with Crippen molar-refractivity contribution in [3.8, 4) is 0 Å². The highest BCUT2D eigenvalue weighted by atomic mass is 32.2. The SMILES string of the molecule is O=S(=O)(Nc1ncn[nH]1)c1cccc2cccnc12. The Hall–Kier alpha value is -2.48. The molecule has 0 fully saturated rings. The molecule has 0 aliphatic heterocycles. The average Bonchev–Trinajstić information content (AvgIpc) is 2.90. The van der Waals surface area contributed by atoms with Gasteiger partial charge in [0.15, 0.2) is 0 Å². The van der Waals surface area contributed by atoms with E-state index in [2.05, 4.69) is 24.9 Å². The largest absolute Gasteiger partial charge is 0.266 e. The molecule has 0 aliphatic carbocycles. The van der Waals surface area contributed by atoms with Gasteiger partial charge in [0.2, 0.25) is 5.95 Å². The molecule has 2 aromatic heterocycles. The first-order valence-electron chi connectivity index (χ1n) is 5.39. The van der Waals surface area contributed by atoms with Crippen LogP contribution in [0.5, 0.6) is 0 Å². The number of anilines is 1. The fourth-order valence-corrected chi connectivity index (χ4v) is 2.88. The summed E-state index contributed by atoms with van der Waals surface area (Å²) in [7, 11) is -3.76. The van der Waals surface area contributed by atoms with E-state index in [-0.39, 0.29) is 10.8 Å². The van der Waals surface area contributed by atoms with Crippen LogP contribution in [0.15, 0.2) is 47.8 Å². The monoisotopic (exact) mass is 275 g/mol. The summed E-state index contributed by atoms with van der Waals surface area (Å²) in [5.41, 5.74) is 0.414. The number of aromatic amines is 1. The van der Waals surface area contributed by atoms with E-state index in [4.69, 9.17) is 0 Å². The van der Waals surface area contributed by atoms with E-state index < -0.39 is 10.0 Å². The number of rotatable bonds is 3. The second-order valence-electron chi connectivity index (χ2n) is 3.77. The Kier molecular flexibility index (Phi) is 2.64. The smallest absolute Gasteiger partial charge is 0.255 e. The molecule has 0 bridgehead atoms. The lowest BCUT2D eigenvalue weighted by Crippen LogP contribution is -2.14. The van der Waals surface area contributed by atoms with Gasteiger partial charge in [0.1, 0.15) is 11.2 Å². The summed E-state index contributed by atoms with van der Waals surface area (Å²) in [4.78, 5) is 7.94. The standard InChI is InChI=1S/C11H9N5O2S/c17-19(18,16-11-13-7-14-15-11)9-5-1-3-8-4-2-6-12-10(8)9/h1-7H,(H2,13,14,15,16). The fraction of sp³-hybridized carbons (Fsp3) is 0. The number of pyridine rings is 1. The summed E-state index contributed by atoms with van der Waals surface area (Å²) in [6.45, 7) is 0. The van der Waals surface area contributed by atoms with Gasteiger partial charge in [0.25, 0.3) is 10.0 Å². The molecule has 0 saturated heterocycles. The Morgan fingerprint density at radius 3 is 2.74 bits per heavy atom. The van der Waals surface area contributed by atoms with E-state index in [0.29, 0.717) is 5.52 Å². The Morgan fingerprint density at radius 1 is 1.11 bits per heavy atom. The second-order valence-corrected chi connectivity index (χ2v) is 5.42. The quantitative estimate of drug-likeness (QED) is 0.746. The maximum atomic E-state index is 12.3. The lowest BCUT2D eigenvalue weighted by atomic mass is 10.2. The molecule has 0 aliphatic rings. The van der Waals surface area contributed by atoms with Crippen molar-refractivity contribution in [1.29, 1.82) is 0 Å². The molecule has 2 heterocycles. The highest BCUT2D eigenvalue weighted by Gasteiger charge is 2.19. The number of para-hydroxylation sites is 1. The number of H-pyrrole nitrogens is 1. The number of hydrogen-bond acceptors (Lipinski definition) is 5. The molecule has 2 N–H and O–H groups in total. The molecule has 96 valence electrons. The van der Waals surface area contributed by atoms with Gasteiger partial charge in [-0.1, -0.05) is 18.2 Å². The van der Waals surface area contributed by atoms with Crippen LogP contribution in [0.3, 0.4) is 0 Å². The summed E-state index contributed by atoms with van der Waals surface area (Å²) in [6, 6.07) is 8.52. The third kappa shape index (κ3) is 2.13. The van der Waals surface area contributed by atoms with Gasteiger partial charge in [-0.05, 0) is 12.1 Å². The molecule has 0 spiro atoms. The van der Waals surface area contributed by atoms with Gasteiger partial charge >= 0.3 is 0 Å². The van der Waals surface area contributed by atoms with E-state index in [1.807, 2.05) is 0 Å². The maximum absolute atomic E-state index is 12.3. The first-order valence-corrected chi connectivity index (χ1v) is 6.87. The van der Waals surface area contributed by atoms with Crippen LogP contribution in [-0.4, -0.2) is 28.6 Å². The molecule has 0 atom stereocenters. The lowest BCUT2D eigenvalue weighted by Gasteiger charge is -2.07. The topological polar surface area (TPSA) is 101 Å². The van der Waals surface area contributed by atoms with Crippen LogP contribution in [0.1, 0.15) is 0 Å². The van der Waals surface area contributed by atoms with Crippen LogP contribution in [0, 0.1) is 0 Å². The van der Waals surface area contributed by atoms with Gasteiger partial charge in [0, 0.05) is 11.6 Å². The van der Waals surface area contributed by atoms with E-state index in [1.165, 1.54) is 12.4 Å². The van der Waals surface area contributed by atoms with Gasteiger partial charge in [-0.25, -0.2) is 18.2 Å². The van der Waals surface area contributed by atoms with Gasteiger partial charge in [-0.3, -0.25) is 4.98 Å². The maximum Gasteiger partial charge on any atom is 0.266 e. The minimum atomic E-state index is -3.76. The van der Waals surface area contributed by atoms with Gasteiger partial charge in [-0.15, -0.1) is 0 Å². The molecule has 3 rings (SSSR count). The zero-order chi connectivity index (χ0) is 13.3. The van der Waals surface area contributed by atoms with Crippen molar-refractivity contribution in [3.63, 3.8) is 0 Å². The molecular formula is C11H9N5O2S. The van der Waals surface area contributed by atoms with E-state index in [9.17, 15) is 8.42 Å². The van der Waals surface area contributed by atoms with Gasteiger partial charge < -0.3 is 0 Å². The zero-order valence-electron chi connectivity index (χ0n) is 9.61. The molecule has 8 heteroatoms. The van der Waals surface area contributed by atoms with E-state index in [0.717, 1.165) is 5.39 Å². The van der Waals surface area contributed by atoms with Crippen molar-refractivity contribution >= 4 is 26.9 Å². The number of aromatic nitrogens is 4. The second kappa shape index (κ2) is 4.32. The van der Waals surface area contributed by atoms with Crippen LogP contribution in [-0.2, 0) is 10.0 Å². The molecule has 1 aromatic carbocycles. The van der Waals surface area contributed by atoms with Crippen molar-refractivity contribution in [2.24, 2.45) is 0 Å². The number of nitrogens with one attached hydrogen (secondary N) is 2. The average molecular weight is 275 g/mol. The lowest BCUT2D eigenvalue weighted by molar-refractivity contribution is 0.601. The predicted octanol–water partition coefficient (Wildman–Crippen LogP) is 1.15. The summed E-state index contributed by atoms with van der Waals surface area (Å²) in [5.74, 6) is 0.0629. The fourth-order valence-electron chi connectivity index (χ4n) is 1.73. The van der Waals surface area contributed by atoms with Crippen LogP contribution >= 0.6 is 0 Å². The molecule has 0 saturated carbocycles. The van der Waals surface area contributed by atoms with Crippen molar-refractivity contribution in [2.45, 2.75) is 4.90 Å². The third-order valence-corrected chi connectivity index (χ3v) is 3.90. The van der Waals surface area contributed by atoms with E-state index in [1.54, 1.807) is 30.5 Å². The predicted molar refractivity (Wildman–Crippen MR) is 68.9 cm³/mol. The van der Waals surface area contributed by atoms with Crippen molar-refractivity contribution in [2.75, 3.05) is 4.72 Å². The number of benzene rings is 1. The van der Waals surface area contributed by atoms with E-state index >= 15 is 0 Å². The number of hydrogen-bond donors (Lipinski definition) is 2. The minimum Gasteiger partial charge on any atom is -0.255 e. The normalized spacial score (nSPS) is 11.6. The van der Waals surface area contributed by atoms with Crippen LogP contribution in [0.4, 0.5) is 5.95 Å². The van der Waals surface area contributed by atoms with Crippen molar-refractivity contribution in [3.05, 3.63) is 42.9 Å². The molecule has 19 heavy (non-hydrogen) atoms. The zero-order valence-corrected chi connectivity index (χ0v) is 10.4. The molecule has 7 nitrogen and oxygen atoms in total. The highest BCUT2D eigenvalue weighted by molar-refractivity contribution is 7.93. The van der Waals surface area contributed by atoms with Crippen LogP contribution in [0.2, 0.25) is 0 Å². The summed E-state index contributed by atoms with van der Waals surface area (Å²) in [5, 5.41) is 6.78. The van der Waals surface area contributed by atoms with Gasteiger partial charge in [0.05, 0.1) is 5.52 Å². The van der Waals surface area contributed by atoms with Gasteiger partial charge in [-0.2, -0.15) is 10.1 Å². The number of fused-ring (bicyclic) bond motifs is 1. The summed E-state index contributed by atoms with van der Waals surface area (Å²) in [6.07, 6.45) is 2.77. The van der Waals surface area contributed by atoms with Crippen molar-refractivity contribution in [1.82, 2.24) is 20.2 Å². The Labute approximate surface area is 108 Å². The minimum absolute atomic E-state index is 0.0629. The summed E-state index contributed by atoms with van der Waals surface area (Å²) < 4.78 is 26.9. The Balaban J connectivity index is 2.13. The van der Waals surface area contributed by atoms with Crippen LogP contribution in [0.25, 0.3) is 10.9 Å². The molecule has 0 unspecified atom stereocenters. The molecule has 3 aromatic rings. The molecule has 0 radical (unpaired) electrons. The molecule has 0 amide bonds. The Morgan fingerprint density at radius 2 is 1.95 bits per heavy atom. The highest BCUT2D eigenvalue weighted by Crippen LogP contribution is 2.21. The summed E-state index contributed by atoms with van der Waals surface area (Å²) >= 11 is 0. The van der Waals surface area contributed by atoms with Crippen molar-refractivity contribution < 1.29 is 8.42 Å².